The van der Waals surface area contributed by atoms with Gasteiger partial charge in [-0.2, -0.15) is 0 Å². The van der Waals surface area contributed by atoms with E-state index in [1.807, 2.05) is 51.1 Å². The van der Waals surface area contributed by atoms with Crippen molar-refractivity contribution in [1.29, 1.82) is 0 Å². The summed E-state index contributed by atoms with van der Waals surface area (Å²) in [4.78, 5) is 41.2. The van der Waals surface area contributed by atoms with Crippen molar-refractivity contribution in [3.63, 3.8) is 0 Å². The molecule has 0 aromatic heterocycles. The van der Waals surface area contributed by atoms with Gasteiger partial charge < -0.3 is 42.7 Å². The summed E-state index contributed by atoms with van der Waals surface area (Å²) in [6.45, 7) is 8.33. The zero-order valence-electron chi connectivity index (χ0n) is 30.8. The van der Waals surface area contributed by atoms with Crippen molar-refractivity contribution in [3.8, 4) is 0 Å². The highest BCUT2D eigenvalue weighted by atomic mass is 16.8. The fourth-order valence-electron chi connectivity index (χ4n) is 6.70. The van der Waals surface area contributed by atoms with E-state index in [0.717, 1.165) is 24.8 Å². The molecule has 0 amide bonds. The third kappa shape index (κ3) is 10.9. The molecular weight excluding hydrogens is 686 g/mol. The number of ketones is 1. The quantitative estimate of drug-likeness (QED) is 0.0529. The summed E-state index contributed by atoms with van der Waals surface area (Å²) in [5.74, 6) is -1.90. The van der Waals surface area contributed by atoms with Crippen molar-refractivity contribution in [1.82, 2.24) is 0 Å². The summed E-state index contributed by atoms with van der Waals surface area (Å²) in [6, 6.07) is 18.1. The van der Waals surface area contributed by atoms with E-state index in [9.17, 15) is 14.4 Å². The number of azide groups is 1. The standard InChI is InChI=1S/C39H51N3O11/c1-5-24(2)31-34(49-30(44)20-19-25(3)43)35(50-36(45)27-15-9-6-10-16-27)39(51-31)52-32-26(4)37(46-22-14-8-13-21-41-42-40)48-29-23-47-38(53-33(29)32)28-17-11-7-12-18-28/h6-7,9-12,15-18,24,26,29,31-35,37-39H,5,8,13-14,19-23H2,1-4H3/t24-,26?,29?,31?,32?,33?,34?,35?,37?,38?,39?/m1/s1. The molecule has 53 heavy (non-hydrogen) atoms. The Balaban J connectivity index is 1.42. The van der Waals surface area contributed by atoms with Gasteiger partial charge >= 0.3 is 11.9 Å². The molecule has 0 bridgehead atoms. The van der Waals surface area contributed by atoms with Gasteiger partial charge in [0.2, 0.25) is 0 Å². The molecule has 0 N–H and O–H groups in total. The predicted octanol–water partition coefficient (Wildman–Crippen LogP) is 6.62. The van der Waals surface area contributed by atoms with Crippen LogP contribution in [0.15, 0.2) is 65.8 Å². The molecule has 288 valence electrons. The van der Waals surface area contributed by atoms with Gasteiger partial charge in [0.1, 0.15) is 24.1 Å². The minimum absolute atomic E-state index is 0.0225. The average Bonchev–Trinajstić information content (AvgIpc) is 3.50. The summed E-state index contributed by atoms with van der Waals surface area (Å²) >= 11 is 0. The van der Waals surface area contributed by atoms with Crippen LogP contribution in [0.2, 0.25) is 0 Å². The Hall–Kier alpha value is -3.88. The van der Waals surface area contributed by atoms with Crippen LogP contribution >= 0.6 is 0 Å². The van der Waals surface area contributed by atoms with Crippen LogP contribution in [-0.2, 0) is 47.5 Å². The summed E-state index contributed by atoms with van der Waals surface area (Å²) in [6.07, 6.45) is -4.45. The number of esters is 2. The van der Waals surface area contributed by atoms with Crippen molar-refractivity contribution >= 4 is 17.7 Å². The second-order valence-corrected chi connectivity index (χ2v) is 13.8. The van der Waals surface area contributed by atoms with Gasteiger partial charge in [-0.05, 0) is 43.3 Å². The molecule has 10 unspecified atom stereocenters. The number of rotatable bonds is 18. The molecule has 14 heteroatoms. The van der Waals surface area contributed by atoms with E-state index in [1.54, 1.807) is 30.3 Å². The first-order valence-corrected chi connectivity index (χ1v) is 18.6. The molecule has 3 aliphatic rings. The normalized spacial score (nSPS) is 30.0. The lowest BCUT2D eigenvalue weighted by molar-refractivity contribution is -0.370. The Morgan fingerprint density at radius 2 is 1.64 bits per heavy atom. The summed E-state index contributed by atoms with van der Waals surface area (Å²) in [5, 5.41) is 3.59. The van der Waals surface area contributed by atoms with Gasteiger partial charge in [-0.3, -0.25) is 4.79 Å². The predicted molar refractivity (Wildman–Crippen MR) is 190 cm³/mol. The van der Waals surface area contributed by atoms with E-state index in [0.29, 0.717) is 25.1 Å². The molecule has 0 aliphatic carbocycles. The van der Waals surface area contributed by atoms with Crippen molar-refractivity contribution in [2.45, 2.75) is 122 Å². The van der Waals surface area contributed by atoms with Gasteiger partial charge in [0.15, 0.2) is 31.1 Å². The second-order valence-electron chi connectivity index (χ2n) is 13.8. The van der Waals surface area contributed by atoms with Crippen molar-refractivity contribution < 1.29 is 52.3 Å². The maximum atomic E-state index is 13.6. The number of fused-ring (bicyclic) bond motifs is 1. The van der Waals surface area contributed by atoms with Crippen molar-refractivity contribution in [2.24, 2.45) is 17.0 Å². The molecule has 3 saturated heterocycles. The minimum Gasteiger partial charge on any atom is -0.455 e. The van der Waals surface area contributed by atoms with Crippen LogP contribution in [0.5, 0.6) is 0 Å². The highest BCUT2D eigenvalue weighted by molar-refractivity contribution is 5.89. The van der Waals surface area contributed by atoms with E-state index in [-0.39, 0.29) is 31.1 Å². The molecule has 3 aliphatic heterocycles. The number of benzene rings is 2. The third-order valence-electron chi connectivity index (χ3n) is 9.86. The Bertz CT molecular complexity index is 1530. The van der Waals surface area contributed by atoms with Crippen LogP contribution in [0.1, 0.15) is 88.4 Å². The Kier molecular flexibility index (Phi) is 15.2. The Morgan fingerprint density at radius 1 is 0.906 bits per heavy atom. The lowest BCUT2D eigenvalue weighted by Gasteiger charge is -2.49. The monoisotopic (exact) mass is 737 g/mol. The summed E-state index contributed by atoms with van der Waals surface area (Å²) in [5.41, 5.74) is 9.69. The molecule has 2 aromatic rings. The third-order valence-corrected chi connectivity index (χ3v) is 9.86. The van der Waals surface area contributed by atoms with Crippen LogP contribution in [0.25, 0.3) is 10.4 Å². The molecule has 0 spiro atoms. The first kappa shape index (κ1) is 40.3. The smallest absolute Gasteiger partial charge is 0.338 e. The Labute approximate surface area is 310 Å². The van der Waals surface area contributed by atoms with E-state index >= 15 is 0 Å². The SMILES string of the molecule is CC[C@@H](C)C1OC(OC2C(C)C(OCCCCCN=[N+]=[N-])OC3COC(c4ccccc4)OC32)C(OC(=O)c2ccccc2)C1OC(=O)CCC(C)=O. The van der Waals surface area contributed by atoms with Gasteiger partial charge in [0.25, 0.3) is 0 Å². The van der Waals surface area contributed by atoms with Crippen LogP contribution in [0.4, 0.5) is 0 Å². The number of hydrogen-bond acceptors (Lipinski definition) is 12. The number of carbonyl (C=O) groups is 3. The van der Waals surface area contributed by atoms with E-state index < -0.39 is 73.4 Å². The zero-order valence-corrected chi connectivity index (χ0v) is 30.8. The van der Waals surface area contributed by atoms with Gasteiger partial charge in [-0.1, -0.05) is 87.3 Å². The van der Waals surface area contributed by atoms with Gasteiger partial charge in [0.05, 0.1) is 24.7 Å². The maximum Gasteiger partial charge on any atom is 0.338 e. The van der Waals surface area contributed by atoms with Gasteiger partial charge in [0, 0.05) is 36.0 Å². The molecule has 11 atom stereocenters. The fraction of sp³-hybridized carbons (Fsp3) is 0.615. The van der Waals surface area contributed by atoms with Crippen LogP contribution in [0.3, 0.4) is 0 Å². The van der Waals surface area contributed by atoms with E-state index in [1.165, 1.54) is 6.92 Å². The molecule has 0 radical (unpaired) electrons. The van der Waals surface area contributed by atoms with E-state index in [2.05, 4.69) is 10.0 Å². The second kappa shape index (κ2) is 20.0. The van der Waals surface area contributed by atoms with Crippen LogP contribution < -0.4 is 0 Å². The Morgan fingerprint density at radius 3 is 2.34 bits per heavy atom. The van der Waals surface area contributed by atoms with Gasteiger partial charge in [-0.25, -0.2) is 4.79 Å². The largest absolute Gasteiger partial charge is 0.455 e. The molecule has 3 heterocycles. The molecule has 3 fully saturated rings. The van der Waals surface area contributed by atoms with Crippen LogP contribution in [0, 0.1) is 11.8 Å². The first-order chi connectivity index (χ1) is 25.7. The number of Topliss-reactive ketones (excluding diaryl/α,β-unsaturated/α-hetero) is 1. The number of nitrogens with zero attached hydrogens (tertiary/aromatic N) is 3. The first-order valence-electron chi connectivity index (χ1n) is 18.6. The van der Waals surface area contributed by atoms with E-state index in [4.69, 9.17) is 43.4 Å². The number of carbonyl (C=O) groups excluding carboxylic acids is 3. The topological polar surface area (TPSA) is 174 Å². The number of unbranched alkanes of at least 4 members (excludes halogenated alkanes) is 2. The summed E-state index contributed by atoms with van der Waals surface area (Å²) < 4.78 is 51.0. The molecular formula is C39H51N3O11. The lowest BCUT2D eigenvalue weighted by atomic mass is 9.91. The number of ether oxygens (including phenoxy) is 8. The number of hydrogen-bond donors (Lipinski definition) is 0. The molecule has 0 saturated carbocycles. The fourth-order valence-corrected chi connectivity index (χ4v) is 6.70. The average molecular weight is 738 g/mol. The molecule has 5 rings (SSSR count). The highest BCUT2D eigenvalue weighted by Gasteiger charge is 2.56. The maximum absolute atomic E-state index is 13.6. The highest BCUT2D eigenvalue weighted by Crippen LogP contribution is 2.41. The lowest BCUT2D eigenvalue weighted by Crippen LogP contribution is -2.61. The molecule has 14 nitrogen and oxygen atoms in total. The van der Waals surface area contributed by atoms with Crippen LogP contribution in [-0.4, -0.2) is 86.7 Å². The zero-order chi connectivity index (χ0) is 37.7. The molecule has 2 aromatic carbocycles. The minimum atomic E-state index is -1.17. The van der Waals surface area contributed by atoms with Crippen molar-refractivity contribution in [3.05, 3.63) is 82.2 Å². The van der Waals surface area contributed by atoms with Gasteiger partial charge in [-0.15, -0.1) is 0 Å². The van der Waals surface area contributed by atoms with Crippen molar-refractivity contribution in [2.75, 3.05) is 19.8 Å². The summed E-state index contributed by atoms with van der Waals surface area (Å²) in [7, 11) is 0.